The van der Waals surface area contributed by atoms with Crippen molar-refractivity contribution >= 4 is 5.91 Å². The van der Waals surface area contributed by atoms with Gasteiger partial charge in [-0.25, -0.2) is 0 Å². The molecule has 1 heterocycles. The molecule has 1 fully saturated rings. The van der Waals surface area contributed by atoms with Gasteiger partial charge in [-0.15, -0.1) is 0 Å². The molecule has 1 aliphatic rings. The smallest absolute Gasteiger partial charge is 0.236 e. The second kappa shape index (κ2) is 5.47. The van der Waals surface area contributed by atoms with Crippen molar-refractivity contribution in [2.24, 2.45) is 11.7 Å². The summed E-state index contributed by atoms with van der Waals surface area (Å²) >= 11 is 0. The van der Waals surface area contributed by atoms with Crippen LogP contribution < -0.4 is 11.1 Å². The van der Waals surface area contributed by atoms with E-state index in [0.717, 1.165) is 19.4 Å². The molecule has 15 heavy (non-hydrogen) atoms. The Labute approximate surface area is 91.5 Å². The summed E-state index contributed by atoms with van der Waals surface area (Å²) in [6, 6.07) is -0.199. The molecule has 3 atom stereocenters. The Bertz CT molecular complexity index is 217. The lowest BCUT2D eigenvalue weighted by Crippen LogP contribution is -2.48. The fourth-order valence-corrected chi connectivity index (χ4v) is 1.76. The van der Waals surface area contributed by atoms with Gasteiger partial charge in [0.1, 0.15) is 0 Å². The average molecular weight is 214 g/mol. The zero-order valence-electron chi connectivity index (χ0n) is 9.82. The Morgan fingerprint density at radius 3 is 2.67 bits per heavy atom. The van der Waals surface area contributed by atoms with Crippen molar-refractivity contribution in [3.05, 3.63) is 0 Å². The Balaban J connectivity index is 2.39. The number of carbonyl (C=O) groups excluding carboxylic acids is 1. The SMILES string of the molecule is CC(C)C1CC(NC(=O)[C@@H](C)N)CCO1. The van der Waals surface area contributed by atoms with E-state index < -0.39 is 6.04 Å². The largest absolute Gasteiger partial charge is 0.378 e. The van der Waals surface area contributed by atoms with E-state index in [1.54, 1.807) is 6.92 Å². The quantitative estimate of drug-likeness (QED) is 0.725. The Morgan fingerprint density at radius 1 is 1.47 bits per heavy atom. The van der Waals surface area contributed by atoms with Gasteiger partial charge in [-0.3, -0.25) is 4.79 Å². The van der Waals surface area contributed by atoms with Crippen LogP contribution in [0.25, 0.3) is 0 Å². The van der Waals surface area contributed by atoms with Crippen LogP contribution in [0.2, 0.25) is 0 Å². The highest BCUT2D eigenvalue weighted by Gasteiger charge is 2.26. The van der Waals surface area contributed by atoms with E-state index in [9.17, 15) is 4.79 Å². The Kier molecular flexibility index (Phi) is 4.54. The van der Waals surface area contributed by atoms with E-state index in [1.165, 1.54) is 0 Å². The van der Waals surface area contributed by atoms with Gasteiger partial charge in [0, 0.05) is 12.6 Å². The summed E-state index contributed by atoms with van der Waals surface area (Å²) in [5.74, 6) is 0.435. The molecule has 0 aromatic rings. The van der Waals surface area contributed by atoms with Crippen molar-refractivity contribution in [3.8, 4) is 0 Å². The molecule has 1 rings (SSSR count). The summed E-state index contributed by atoms with van der Waals surface area (Å²) in [6.45, 7) is 6.71. The maximum atomic E-state index is 11.4. The van der Waals surface area contributed by atoms with Crippen LogP contribution >= 0.6 is 0 Å². The van der Waals surface area contributed by atoms with Crippen LogP contribution in [0.15, 0.2) is 0 Å². The lowest BCUT2D eigenvalue weighted by molar-refractivity contribution is -0.124. The van der Waals surface area contributed by atoms with E-state index in [0.29, 0.717) is 5.92 Å². The lowest BCUT2D eigenvalue weighted by atomic mass is 9.95. The molecule has 1 saturated heterocycles. The summed E-state index contributed by atoms with van der Waals surface area (Å²) in [5.41, 5.74) is 5.50. The maximum absolute atomic E-state index is 11.4. The number of ether oxygens (including phenoxy) is 1. The molecular formula is C11H22N2O2. The minimum absolute atomic E-state index is 0.0654. The van der Waals surface area contributed by atoms with Gasteiger partial charge in [0.25, 0.3) is 0 Å². The molecular weight excluding hydrogens is 192 g/mol. The van der Waals surface area contributed by atoms with E-state index in [4.69, 9.17) is 10.5 Å². The van der Waals surface area contributed by atoms with Crippen LogP contribution in [0.4, 0.5) is 0 Å². The number of amides is 1. The van der Waals surface area contributed by atoms with Crippen molar-refractivity contribution in [1.29, 1.82) is 0 Å². The predicted octanol–water partition coefficient (Wildman–Crippen LogP) is 0.653. The number of carbonyl (C=O) groups is 1. The minimum atomic E-state index is -0.426. The highest BCUT2D eigenvalue weighted by Crippen LogP contribution is 2.20. The monoisotopic (exact) mass is 214 g/mol. The van der Waals surface area contributed by atoms with Gasteiger partial charge >= 0.3 is 0 Å². The first-order valence-corrected chi connectivity index (χ1v) is 5.68. The molecule has 4 heteroatoms. The highest BCUT2D eigenvalue weighted by atomic mass is 16.5. The fraction of sp³-hybridized carbons (Fsp3) is 0.909. The second-order valence-corrected chi connectivity index (χ2v) is 4.67. The molecule has 4 nitrogen and oxygen atoms in total. The molecule has 0 aromatic carbocycles. The molecule has 0 bridgehead atoms. The zero-order valence-corrected chi connectivity index (χ0v) is 9.82. The molecule has 88 valence electrons. The lowest BCUT2D eigenvalue weighted by Gasteiger charge is -2.32. The minimum Gasteiger partial charge on any atom is -0.378 e. The molecule has 0 aromatic heterocycles. The maximum Gasteiger partial charge on any atom is 0.236 e. The third-order valence-corrected chi connectivity index (χ3v) is 2.82. The summed E-state index contributed by atoms with van der Waals surface area (Å²) in [4.78, 5) is 11.4. The van der Waals surface area contributed by atoms with Gasteiger partial charge in [-0.05, 0) is 25.7 Å². The number of rotatable bonds is 3. The molecule has 0 radical (unpaired) electrons. The summed E-state index contributed by atoms with van der Waals surface area (Å²) in [6.07, 6.45) is 2.05. The van der Waals surface area contributed by atoms with Crippen LogP contribution in [0.5, 0.6) is 0 Å². The van der Waals surface area contributed by atoms with Crippen LogP contribution in [0.3, 0.4) is 0 Å². The van der Waals surface area contributed by atoms with Crippen LogP contribution in [0.1, 0.15) is 33.6 Å². The van der Waals surface area contributed by atoms with Gasteiger partial charge < -0.3 is 15.8 Å². The zero-order chi connectivity index (χ0) is 11.4. The molecule has 3 N–H and O–H groups in total. The Morgan fingerprint density at radius 2 is 2.13 bits per heavy atom. The van der Waals surface area contributed by atoms with E-state index in [-0.39, 0.29) is 18.1 Å². The fourth-order valence-electron chi connectivity index (χ4n) is 1.76. The van der Waals surface area contributed by atoms with Crippen LogP contribution in [0, 0.1) is 5.92 Å². The van der Waals surface area contributed by atoms with Crippen molar-refractivity contribution in [2.45, 2.75) is 51.8 Å². The first kappa shape index (κ1) is 12.5. The number of nitrogens with two attached hydrogens (primary N) is 1. The van der Waals surface area contributed by atoms with E-state index >= 15 is 0 Å². The van der Waals surface area contributed by atoms with Crippen LogP contribution in [-0.2, 0) is 9.53 Å². The number of hydrogen-bond acceptors (Lipinski definition) is 3. The van der Waals surface area contributed by atoms with Gasteiger partial charge in [0.15, 0.2) is 0 Å². The summed E-state index contributed by atoms with van der Waals surface area (Å²) in [5, 5.41) is 2.96. The molecule has 1 aliphatic heterocycles. The Hall–Kier alpha value is -0.610. The summed E-state index contributed by atoms with van der Waals surface area (Å²) in [7, 11) is 0. The van der Waals surface area contributed by atoms with Crippen LogP contribution in [-0.4, -0.2) is 30.7 Å². The van der Waals surface area contributed by atoms with Gasteiger partial charge in [-0.2, -0.15) is 0 Å². The molecule has 0 spiro atoms. The standard InChI is InChI=1S/C11H22N2O2/c1-7(2)10-6-9(4-5-15-10)13-11(14)8(3)12/h7-10H,4-6,12H2,1-3H3,(H,13,14)/t8-,9?,10?/m1/s1. The van der Waals surface area contributed by atoms with Gasteiger partial charge in [0.2, 0.25) is 5.91 Å². The van der Waals surface area contributed by atoms with Crippen molar-refractivity contribution in [1.82, 2.24) is 5.32 Å². The van der Waals surface area contributed by atoms with E-state index in [1.807, 2.05) is 0 Å². The topological polar surface area (TPSA) is 64.4 Å². The highest BCUT2D eigenvalue weighted by molar-refractivity contribution is 5.81. The van der Waals surface area contributed by atoms with Gasteiger partial charge in [0.05, 0.1) is 12.1 Å². The average Bonchev–Trinajstić information content (AvgIpc) is 2.18. The third-order valence-electron chi connectivity index (χ3n) is 2.82. The predicted molar refractivity (Wildman–Crippen MR) is 59.4 cm³/mol. The summed E-state index contributed by atoms with van der Waals surface area (Å²) < 4.78 is 5.63. The number of nitrogens with one attached hydrogen (secondary N) is 1. The van der Waals surface area contributed by atoms with E-state index in [2.05, 4.69) is 19.2 Å². The molecule has 1 amide bonds. The normalized spacial score (nSPS) is 28.9. The van der Waals surface area contributed by atoms with Crippen molar-refractivity contribution in [2.75, 3.05) is 6.61 Å². The van der Waals surface area contributed by atoms with Crippen molar-refractivity contribution < 1.29 is 9.53 Å². The molecule has 2 unspecified atom stereocenters. The third kappa shape index (κ3) is 3.80. The number of hydrogen-bond donors (Lipinski definition) is 2. The molecule has 0 saturated carbocycles. The van der Waals surface area contributed by atoms with Gasteiger partial charge in [-0.1, -0.05) is 13.8 Å². The first-order valence-electron chi connectivity index (χ1n) is 5.68. The van der Waals surface area contributed by atoms with Crippen molar-refractivity contribution in [3.63, 3.8) is 0 Å². The second-order valence-electron chi connectivity index (χ2n) is 4.67. The molecule has 0 aliphatic carbocycles. The first-order chi connectivity index (χ1) is 7.00.